The van der Waals surface area contributed by atoms with E-state index in [4.69, 9.17) is 0 Å². The first-order chi connectivity index (χ1) is 12.9. The molecule has 3 rings (SSSR count). The molecule has 1 aromatic heterocycles. The van der Waals surface area contributed by atoms with E-state index in [1.807, 2.05) is 0 Å². The van der Waals surface area contributed by atoms with Gasteiger partial charge in [-0.15, -0.1) is 0 Å². The van der Waals surface area contributed by atoms with Gasteiger partial charge in [0.15, 0.2) is 5.84 Å². The molecule has 6 heteroatoms. The third kappa shape index (κ3) is 4.05. The predicted octanol–water partition coefficient (Wildman–Crippen LogP) is 3.82. The molecule has 0 saturated carbocycles. The summed E-state index contributed by atoms with van der Waals surface area (Å²) in [5, 5.41) is 4.57. The van der Waals surface area contributed by atoms with Crippen molar-refractivity contribution in [2.45, 2.75) is 26.8 Å². The Morgan fingerprint density at radius 2 is 2.07 bits per heavy atom. The van der Waals surface area contributed by atoms with Crippen LogP contribution < -0.4 is 0 Å². The van der Waals surface area contributed by atoms with E-state index >= 15 is 0 Å². The maximum absolute atomic E-state index is 13.9. The number of allylic oxidation sites excluding steroid dienone is 2. The van der Waals surface area contributed by atoms with Gasteiger partial charge in [0.1, 0.15) is 5.82 Å². The van der Waals surface area contributed by atoms with Crippen LogP contribution in [0.5, 0.6) is 0 Å². The summed E-state index contributed by atoms with van der Waals surface area (Å²) in [6.45, 7) is 8.28. The van der Waals surface area contributed by atoms with E-state index in [1.165, 1.54) is 11.0 Å². The number of carbonyl (C=O) groups is 1. The first-order valence-electron chi connectivity index (χ1n) is 8.88. The molecule has 1 aromatic carbocycles. The van der Waals surface area contributed by atoms with Gasteiger partial charge in [-0.2, -0.15) is 5.10 Å². The van der Waals surface area contributed by atoms with Crippen molar-refractivity contribution in [2.24, 2.45) is 10.9 Å². The van der Waals surface area contributed by atoms with Crippen molar-refractivity contribution in [2.75, 3.05) is 7.05 Å². The Hall–Kier alpha value is -3.02. The second kappa shape index (κ2) is 7.70. The largest absolute Gasteiger partial charge is 0.337 e. The Morgan fingerprint density at radius 1 is 1.33 bits per heavy atom. The molecule has 0 saturated heterocycles. The summed E-state index contributed by atoms with van der Waals surface area (Å²) in [6, 6.07) is 6.47. The van der Waals surface area contributed by atoms with E-state index < -0.39 is 0 Å². The third-order valence-electron chi connectivity index (χ3n) is 4.31. The van der Waals surface area contributed by atoms with Crippen LogP contribution in [0.3, 0.4) is 0 Å². The Bertz CT molecular complexity index is 939. The molecule has 5 nitrogen and oxygen atoms in total. The van der Waals surface area contributed by atoms with E-state index in [0.29, 0.717) is 35.0 Å². The Kier molecular flexibility index (Phi) is 5.35. The minimum atomic E-state index is -0.321. The third-order valence-corrected chi connectivity index (χ3v) is 4.31. The van der Waals surface area contributed by atoms with Crippen LogP contribution in [0.25, 0.3) is 0 Å². The molecule has 0 spiro atoms. The lowest BCUT2D eigenvalue weighted by atomic mass is 10.0. The molecular weight excluding hydrogens is 343 g/mol. The second-order valence-corrected chi connectivity index (χ2v) is 7.08. The second-order valence-electron chi connectivity index (χ2n) is 7.08. The summed E-state index contributed by atoms with van der Waals surface area (Å²) >= 11 is 0. The van der Waals surface area contributed by atoms with Gasteiger partial charge in [-0.25, -0.2) is 14.1 Å². The molecule has 0 bridgehead atoms. The number of hydrogen-bond acceptors (Lipinski definition) is 3. The molecule has 0 radical (unpaired) electrons. The number of aliphatic imine (C=N–C) groups is 1. The van der Waals surface area contributed by atoms with Crippen molar-refractivity contribution < 1.29 is 9.18 Å². The number of aromatic nitrogens is 2. The van der Waals surface area contributed by atoms with Gasteiger partial charge < -0.3 is 4.90 Å². The van der Waals surface area contributed by atoms with Gasteiger partial charge >= 0.3 is 0 Å². The lowest BCUT2D eigenvalue weighted by Crippen LogP contribution is -2.27. The number of rotatable bonds is 5. The van der Waals surface area contributed by atoms with Crippen LogP contribution in [-0.2, 0) is 13.0 Å². The predicted molar refractivity (Wildman–Crippen MR) is 104 cm³/mol. The maximum atomic E-state index is 13.9. The first kappa shape index (κ1) is 18.8. The maximum Gasteiger partial charge on any atom is 0.257 e. The van der Waals surface area contributed by atoms with Crippen LogP contribution in [0.2, 0.25) is 0 Å². The van der Waals surface area contributed by atoms with Gasteiger partial charge in [-0.05, 0) is 24.5 Å². The van der Waals surface area contributed by atoms with Crippen molar-refractivity contribution in [3.05, 3.63) is 77.5 Å². The van der Waals surface area contributed by atoms with E-state index in [-0.39, 0.29) is 18.3 Å². The normalized spacial score (nSPS) is 13.4. The summed E-state index contributed by atoms with van der Waals surface area (Å²) in [7, 11) is 1.67. The zero-order valence-corrected chi connectivity index (χ0v) is 15.8. The Morgan fingerprint density at radius 3 is 2.70 bits per heavy atom. The lowest BCUT2D eigenvalue weighted by Gasteiger charge is -2.17. The van der Waals surface area contributed by atoms with Crippen molar-refractivity contribution in [3.63, 3.8) is 0 Å². The minimum Gasteiger partial charge on any atom is -0.337 e. The zero-order chi connectivity index (χ0) is 19.6. The van der Waals surface area contributed by atoms with Crippen LogP contribution in [0.1, 0.15) is 35.5 Å². The number of amides is 1. The fourth-order valence-electron chi connectivity index (χ4n) is 2.96. The van der Waals surface area contributed by atoms with Gasteiger partial charge in [0, 0.05) is 37.1 Å². The molecule has 2 heterocycles. The summed E-state index contributed by atoms with van der Waals surface area (Å²) < 4.78 is 15.5. The zero-order valence-electron chi connectivity index (χ0n) is 15.8. The fourth-order valence-corrected chi connectivity index (χ4v) is 2.96. The molecular formula is C21H23FN4O. The quantitative estimate of drug-likeness (QED) is 0.808. The Labute approximate surface area is 158 Å². The minimum absolute atomic E-state index is 0.188. The number of carbonyl (C=O) groups excluding carboxylic acids is 1. The highest BCUT2D eigenvalue weighted by Crippen LogP contribution is 2.19. The van der Waals surface area contributed by atoms with Crippen molar-refractivity contribution >= 4 is 11.7 Å². The number of nitrogens with zero attached hydrogens (tertiary/aromatic N) is 4. The number of halogens is 1. The van der Waals surface area contributed by atoms with Gasteiger partial charge in [0.05, 0.1) is 11.3 Å². The van der Waals surface area contributed by atoms with Crippen molar-refractivity contribution in [3.8, 4) is 0 Å². The molecule has 1 amide bonds. The van der Waals surface area contributed by atoms with Gasteiger partial charge in [-0.1, -0.05) is 38.6 Å². The molecule has 0 fully saturated rings. The average molecular weight is 366 g/mol. The monoisotopic (exact) mass is 366 g/mol. The molecule has 0 N–H and O–H groups in total. The molecule has 140 valence electrons. The molecule has 0 atom stereocenters. The highest BCUT2D eigenvalue weighted by atomic mass is 19.1. The molecule has 1 aliphatic heterocycles. The van der Waals surface area contributed by atoms with Gasteiger partial charge in [0.2, 0.25) is 0 Å². The van der Waals surface area contributed by atoms with Crippen LogP contribution >= 0.6 is 0 Å². The molecule has 27 heavy (non-hydrogen) atoms. The fraction of sp³-hybridized carbons (Fsp3) is 0.286. The highest BCUT2D eigenvalue weighted by molar-refractivity contribution is 6.04. The van der Waals surface area contributed by atoms with E-state index in [9.17, 15) is 9.18 Å². The molecule has 0 aliphatic carbocycles. The van der Waals surface area contributed by atoms with E-state index in [2.05, 4.69) is 30.5 Å². The van der Waals surface area contributed by atoms with Gasteiger partial charge in [-0.3, -0.25) is 4.79 Å². The lowest BCUT2D eigenvalue weighted by molar-refractivity contribution is 0.0782. The summed E-state index contributed by atoms with van der Waals surface area (Å²) in [5.74, 6) is 0.426. The summed E-state index contributed by atoms with van der Waals surface area (Å²) in [6.07, 6.45) is 5.81. The standard InChI is InChI=1S/C21H23FN4O/c1-14(2)11-19-17(13-26(24-19)20-15(3)9-10-23-20)21(27)25(4)12-16-7-5-6-8-18(16)22/h5-10,13-14H,3,11-12H2,1-2,4H3. The van der Waals surface area contributed by atoms with E-state index in [0.717, 1.165) is 5.57 Å². The van der Waals surface area contributed by atoms with E-state index in [1.54, 1.807) is 48.4 Å². The SMILES string of the molecule is C=C1C=CN=C1n1cc(C(=O)N(C)Cc2ccccc2F)c(CC(C)C)n1. The van der Waals surface area contributed by atoms with Crippen molar-refractivity contribution in [1.29, 1.82) is 0 Å². The number of benzene rings is 1. The first-order valence-corrected chi connectivity index (χ1v) is 8.88. The molecule has 0 unspecified atom stereocenters. The Balaban J connectivity index is 1.89. The van der Waals surface area contributed by atoms with Crippen LogP contribution in [0.4, 0.5) is 4.39 Å². The van der Waals surface area contributed by atoms with Crippen LogP contribution in [-0.4, -0.2) is 33.5 Å². The highest BCUT2D eigenvalue weighted by Gasteiger charge is 2.23. The number of hydrogen-bond donors (Lipinski definition) is 0. The van der Waals surface area contributed by atoms with Gasteiger partial charge in [0.25, 0.3) is 5.91 Å². The molecule has 1 aliphatic rings. The molecule has 2 aromatic rings. The summed E-state index contributed by atoms with van der Waals surface area (Å²) in [4.78, 5) is 18.8. The average Bonchev–Trinajstić information content (AvgIpc) is 3.21. The van der Waals surface area contributed by atoms with Crippen LogP contribution in [0.15, 0.2) is 59.9 Å². The topological polar surface area (TPSA) is 50.5 Å². The van der Waals surface area contributed by atoms with Crippen LogP contribution in [0, 0.1) is 11.7 Å². The smallest absolute Gasteiger partial charge is 0.257 e. The summed E-state index contributed by atoms with van der Waals surface area (Å²) in [5.41, 5.74) is 2.43. The van der Waals surface area contributed by atoms with Crippen molar-refractivity contribution in [1.82, 2.24) is 14.7 Å².